The molecule has 0 N–H and O–H groups in total. The molecule has 0 saturated carbocycles. The van der Waals surface area contributed by atoms with E-state index in [9.17, 15) is 17.6 Å². The lowest BCUT2D eigenvalue weighted by atomic mass is 10.0. The third-order valence-corrected chi connectivity index (χ3v) is 3.31. The van der Waals surface area contributed by atoms with Gasteiger partial charge < -0.3 is 4.90 Å². The van der Waals surface area contributed by atoms with E-state index in [2.05, 4.69) is 4.98 Å². The van der Waals surface area contributed by atoms with Gasteiger partial charge in [-0.25, -0.2) is 0 Å². The lowest BCUT2D eigenvalue weighted by Crippen LogP contribution is -2.31. The van der Waals surface area contributed by atoms with Crippen LogP contribution in [0.25, 0.3) is 0 Å². The smallest absolute Gasteiger partial charge is 0.253 e. The standard InChI is InChI=1S/C13H18F4N2/c1-4-8(5-2)7-19(6-3)11-9(14)12(16)18-13(17)10(11)15/h8H,4-7H2,1-3H3. The monoisotopic (exact) mass is 278 g/mol. The Kier molecular flexibility index (Phi) is 5.57. The molecule has 1 heterocycles. The van der Waals surface area contributed by atoms with Gasteiger partial charge in [0, 0.05) is 13.1 Å². The molecule has 1 rings (SSSR count). The van der Waals surface area contributed by atoms with Crippen LogP contribution in [0.4, 0.5) is 23.2 Å². The van der Waals surface area contributed by atoms with Gasteiger partial charge in [-0.2, -0.15) is 22.5 Å². The molecule has 1 aromatic rings. The molecule has 0 atom stereocenters. The van der Waals surface area contributed by atoms with E-state index in [1.54, 1.807) is 6.92 Å². The summed E-state index contributed by atoms with van der Waals surface area (Å²) < 4.78 is 53.5. The maximum Gasteiger partial charge on any atom is 0.253 e. The van der Waals surface area contributed by atoms with Gasteiger partial charge in [0.15, 0.2) is 0 Å². The highest BCUT2D eigenvalue weighted by Crippen LogP contribution is 2.27. The Morgan fingerprint density at radius 3 is 1.79 bits per heavy atom. The quantitative estimate of drug-likeness (QED) is 0.579. The molecule has 2 nitrogen and oxygen atoms in total. The van der Waals surface area contributed by atoms with E-state index >= 15 is 0 Å². The Balaban J connectivity index is 3.17. The van der Waals surface area contributed by atoms with Crippen LogP contribution in [0.1, 0.15) is 33.6 Å². The first-order chi connectivity index (χ1) is 8.96. The number of aromatic nitrogens is 1. The number of rotatable bonds is 6. The second kappa shape index (κ2) is 6.73. The molecule has 0 aliphatic carbocycles. The molecule has 0 fully saturated rings. The van der Waals surface area contributed by atoms with Crippen LogP contribution in [0.15, 0.2) is 0 Å². The first-order valence-electron chi connectivity index (χ1n) is 6.41. The summed E-state index contributed by atoms with van der Waals surface area (Å²) >= 11 is 0. The Morgan fingerprint density at radius 1 is 0.947 bits per heavy atom. The zero-order valence-electron chi connectivity index (χ0n) is 11.3. The van der Waals surface area contributed by atoms with Crippen molar-refractivity contribution in [1.82, 2.24) is 4.98 Å². The van der Waals surface area contributed by atoms with Gasteiger partial charge in [-0.1, -0.05) is 26.7 Å². The maximum absolute atomic E-state index is 13.7. The SMILES string of the molecule is CCC(CC)CN(CC)c1c(F)c(F)nc(F)c1F. The first kappa shape index (κ1) is 15.7. The third kappa shape index (κ3) is 3.36. The van der Waals surface area contributed by atoms with Crippen LogP contribution in [0, 0.1) is 29.4 Å². The Morgan fingerprint density at radius 2 is 1.42 bits per heavy atom. The molecule has 0 saturated heterocycles. The van der Waals surface area contributed by atoms with Gasteiger partial charge in [-0.05, 0) is 12.8 Å². The predicted octanol–water partition coefficient (Wildman–Crippen LogP) is 3.90. The van der Waals surface area contributed by atoms with Crippen molar-refractivity contribution in [2.75, 3.05) is 18.0 Å². The predicted molar refractivity (Wildman–Crippen MR) is 66.0 cm³/mol. The Hall–Kier alpha value is -1.33. The Bertz CT molecular complexity index is 407. The van der Waals surface area contributed by atoms with E-state index in [4.69, 9.17) is 0 Å². The summed E-state index contributed by atoms with van der Waals surface area (Å²) in [6, 6.07) is 0. The minimum absolute atomic E-state index is 0.207. The summed E-state index contributed by atoms with van der Waals surface area (Å²) in [5, 5.41) is 0. The molecule has 108 valence electrons. The van der Waals surface area contributed by atoms with Crippen LogP contribution >= 0.6 is 0 Å². The molecule has 0 unspecified atom stereocenters. The zero-order valence-corrected chi connectivity index (χ0v) is 11.3. The summed E-state index contributed by atoms with van der Waals surface area (Å²) in [5.74, 6) is -5.90. The van der Waals surface area contributed by atoms with Crippen LogP contribution in [0.2, 0.25) is 0 Å². The van der Waals surface area contributed by atoms with E-state index in [0.29, 0.717) is 6.54 Å². The topological polar surface area (TPSA) is 16.1 Å². The molecular formula is C13H18F4N2. The maximum atomic E-state index is 13.7. The Labute approximate surface area is 110 Å². The largest absolute Gasteiger partial charge is 0.367 e. The van der Waals surface area contributed by atoms with E-state index in [0.717, 1.165) is 12.8 Å². The lowest BCUT2D eigenvalue weighted by molar-refractivity contribution is 0.400. The summed E-state index contributed by atoms with van der Waals surface area (Å²) in [5.41, 5.74) is -0.667. The van der Waals surface area contributed by atoms with Crippen molar-refractivity contribution < 1.29 is 17.6 Å². The highest BCUT2D eigenvalue weighted by molar-refractivity contribution is 5.48. The van der Waals surface area contributed by atoms with E-state index in [-0.39, 0.29) is 12.5 Å². The molecule has 0 spiro atoms. The van der Waals surface area contributed by atoms with Gasteiger partial charge in [0.25, 0.3) is 11.9 Å². The van der Waals surface area contributed by atoms with Crippen molar-refractivity contribution in [3.05, 3.63) is 23.5 Å². The fourth-order valence-electron chi connectivity index (χ4n) is 1.99. The molecular weight excluding hydrogens is 260 g/mol. The minimum Gasteiger partial charge on any atom is -0.367 e. The summed E-state index contributed by atoms with van der Waals surface area (Å²) in [6.45, 7) is 6.20. The van der Waals surface area contributed by atoms with Crippen molar-refractivity contribution in [2.24, 2.45) is 5.92 Å². The van der Waals surface area contributed by atoms with Gasteiger partial charge in [-0.15, -0.1) is 0 Å². The average Bonchev–Trinajstić information content (AvgIpc) is 2.40. The second-order valence-electron chi connectivity index (χ2n) is 4.39. The van der Waals surface area contributed by atoms with Crippen molar-refractivity contribution in [3.63, 3.8) is 0 Å². The second-order valence-corrected chi connectivity index (χ2v) is 4.39. The van der Waals surface area contributed by atoms with Crippen LogP contribution < -0.4 is 4.90 Å². The molecule has 19 heavy (non-hydrogen) atoms. The summed E-state index contributed by atoms with van der Waals surface area (Å²) in [7, 11) is 0. The van der Waals surface area contributed by atoms with Gasteiger partial charge >= 0.3 is 0 Å². The molecule has 0 amide bonds. The van der Waals surface area contributed by atoms with Crippen molar-refractivity contribution in [3.8, 4) is 0 Å². The molecule has 0 aliphatic rings. The fourth-order valence-corrected chi connectivity index (χ4v) is 1.99. The number of hydrogen-bond acceptors (Lipinski definition) is 2. The van der Waals surface area contributed by atoms with E-state index in [1.807, 2.05) is 13.8 Å². The molecule has 0 aromatic carbocycles. The fraction of sp³-hybridized carbons (Fsp3) is 0.615. The lowest BCUT2D eigenvalue weighted by Gasteiger charge is -2.28. The van der Waals surface area contributed by atoms with Crippen LogP contribution in [-0.4, -0.2) is 18.1 Å². The molecule has 6 heteroatoms. The van der Waals surface area contributed by atoms with Gasteiger partial charge in [0.1, 0.15) is 5.69 Å². The number of hydrogen-bond donors (Lipinski definition) is 0. The van der Waals surface area contributed by atoms with Crippen molar-refractivity contribution in [1.29, 1.82) is 0 Å². The number of halogens is 4. The summed E-state index contributed by atoms with van der Waals surface area (Å²) in [4.78, 5) is 3.88. The van der Waals surface area contributed by atoms with Gasteiger partial charge in [-0.3, -0.25) is 0 Å². The first-order valence-corrected chi connectivity index (χ1v) is 6.41. The molecule has 1 aromatic heterocycles. The molecule has 0 aliphatic heterocycles. The van der Waals surface area contributed by atoms with E-state index in [1.165, 1.54) is 4.90 Å². The van der Waals surface area contributed by atoms with Gasteiger partial charge in [0.2, 0.25) is 11.6 Å². The van der Waals surface area contributed by atoms with Crippen LogP contribution in [-0.2, 0) is 0 Å². The average molecular weight is 278 g/mol. The zero-order chi connectivity index (χ0) is 14.6. The molecule has 0 bridgehead atoms. The summed E-state index contributed by atoms with van der Waals surface area (Å²) in [6.07, 6.45) is 1.65. The van der Waals surface area contributed by atoms with Crippen molar-refractivity contribution in [2.45, 2.75) is 33.6 Å². The van der Waals surface area contributed by atoms with E-state index < -0.39 is 29.2 Å². The highest BCUT2D eigenvalue weighted by atomic mass is 19.2. The van der Waals surface area contributed by atoms with Crippen LogP contribution in [0.5, 0.6) is 0 Å². The number of nitrogens with zero attached hydrogens (tertiary/aromatic N) is 2. The van der Waals surface area contributed by atoms with Crippen molar-refractivity contribution >= 4 is 5.69 Å². The molecule has 0 radical (unpaired) electrons. The normalized spacial score (nSPS) is 11.2. The van der Waals surface area contributed by atoms with Gasteiger partial charge in [0.05, 0.1) is 0 Å². The minimum atomic E-state index is -1.61. The third-order valence-electron chi connectivity index (χ3n) is 3.31. The number of pyridine rings is 1. The highest BCUT2D eigenvalue weighted by Gasteiger charge is 2.25. The van der Waals surface area contributed by atoms with Crippen LogP contribution in [0.3, 0.4) is 0 Å². The number of anilines is 1.